The molecule has 1 heterocycles. The highest BCUT2D eigenvalue weighted by Crippen LogP contribution is 2.54. The van der Waals surface area contributed by atoms with E-state index in [4.69, 9.17) is 4.74 Å². The molecule has 1 aliphatic carbocycles. The minimum atomic E-state index is 0.261. The van der Waals surface area contributed by atoms with Crippen molar-refractivity contribution in [2.24, 2.45) is 5.92 Å². The van der Waals surface area contributed by atoms with Gasteiger partial charge in [-0.3, -0.25) is 0 Å². The second kappa shape index (κ2) is 9.36. The van der Waals surface area contributed by atoms with Gasteiger partial charge in [-0.1, -0.05) is 40.5 Å². The van der Waals surface area contributed by atoms with Gasteiger partial charge in [-0.2, -0.15) is 0 Å². The Labute approximate surface area is 170 Å². The van der Waals surface area contributed by atoms with Crippen molar-refractivity contribution in [2.75, 3.05) is 0 Å². The fourth-order valence-electron chi connectivity index (χ4n) is 4.46. The van der Waals surface area contributed by atoms with Crippen molar-refractivity contribution < 1.29 is 14.9 Å². The Morgan fingerprint density at radius 1 is 0.821 bits per heavy atom. The molecule has 1 aliphatic heterocycles. The van der Waals surface area contributed by atoms with Gasteiger partial charge in [-0.25, -0.2) is 0 Å². The first-order valence-electron chi connectivity index (χ1n) is 10.8. The number of phenolic OH excluding ortho intramolecular Hbond substituents is 2. The Balaban J connectivity index is 0.000000660. The SMILES string of the molecule is CC.CC.Cc1cc2c(cc1O)Oc1c(cc(C)c(O)c1C)C2C1CCCC1. The average Bonchev–Trinajstić information content (AvgIpc) is 3.24. The van der Waals surface area contributed by atoms with E-state index in [1.807, 2.05) is 48.5 Å². The Morgan fingerprint density at radius 2 is 1.39 bits per heavy atom. The van der Waals surface area contributed by atoms with Crippen molar-refractivity contribution in [1.29, 1.82) is 0 Å². The Hall–Kier alpha value is -2.16. The molecule has 154 valence electrons. The predicted molar refractivity (Wildman–Crippen MR) is 117 cm³/mol. The molecule has 0 radical (unpaired) electrons. The van der Waals surface area contributed by atoms with E-state index in [0.29, 0.717) is 11.7 Å². The van der Waals surface area contributed by atoms with Crippen molar-refractivity contribution >= 4 is 0 Å². The Morgan fingerprint density at radius 3 is 2.00 bits per heavy atom. The standard InChI is InChI=1S/C21H24O3.2C2H6/c1-11-8-15-18(10-17(11)22)24-21-13(3)20(23)12(2)9-16(21)19(15)14-6-4-5-7-14;2*1-2/h8-10,14,19,22-23H,4-7H2,1-3H3;2*1-2H3. The van der Waals surface area contributed by atoms with Crippen molar-refractivity contribution in [1.82, 2.24) is 0 Å². The minimum absolute atomic E-state index is 0.261. The van der Waals surface area contributed by atoms with Crippen LogP contribution in [-0.2, 0) is 0 Å². The van der Waals surface area contributed by atoms with E-state index in [1.54, 1.807) is 6.07 Å². The quantitative estimate of drug-likeness (QED) is 0.535. The molecule has 2 aromatic rings. The van der Waals surface area contributed by atoms with E-state index in [0.717, 1.165) is 28.2 Å². The van der Waals surface area contributed by atoms with E-state index in [9.17, 15) is 10.2 Å². The van der Waals surface area contributed by atoms with Crippen LogP contribution in [0.3, 0.4) is 0 Å². The van der Waals surface area contributed by atoms with Crippen molar-refractivity contribution in [2.45, 2.75) is 80.1 Å². The fourth-order valence-corrected chi connectivity index (χ4v) is 4.46. The molecule has 1 atom stereocenters. The molecule has 2 aromatic carbocycles. The highest BCUT2D eigenvalue weighted by molar-refractivity contribution is 5.63. The van der Waals surface area contributed by atoms with E-state index in [1.165, 1.54) is 36.8 Å². The number of hydrogen-bond acceptors (Lipinski definition) is 3. The van der Waals surface area contributed by atoms with Crippen LogP contribution in [-0.4, -0.2) is 10.2 Å². The van der Waals surface area contributed by atoms with E-state index < -0.39 is 0 Å². The molecular formula is C25H36O3. The molecule has 0 aromatic heterocycles. The summed E-state index contributed by atoms with van der Waals surface area (Å²) in [6.45, 7) is 13.8. The predicted octanol–water partition coefficient (Wildman–Crippen LogP) is 7.50. The maximum atomic E-state index is 10.3. The van der Waals surface area contributed by atoms with E-state index in [2.05, 4.69) is 12.1 Å². The lowest BCUT2D eigenvalue weighted by Gasteiger charge is -2.34. The van der Waals surface area contributed by atoms with Crippen LogP contribution in [0.25, 0.3) is 0 Å². The zero-order valence-corrected chi connectivity index (χ0v) is 18.5. The Kier molecular flexibility index (Phi) is 7.40. The van der Waals surface area contributed by atoms with Crippen LogP contribution in [0, 0.1) is 26.7 Å². The summed E-state index contributed by atoms with van der Waals surface area (Å²) in [5.74, 6) is 2.94. The van der Waals surface area contributed by atoms with Crippen LogP contribution in [0.5, 0.6) is 23.0 Å². The highest BCUT2D eigenvalue weighted by atomic mass is 16.5. The summed E-state index contributed by atoms with van der Waals surface area (Å²) < 4.78 is 6.15. The molecule has 2 N–H and O–H groups in total. The molecule has 28 heavy (non-hydrogen) atoms. The molecule has 1 fully saturated rings. The molecule has 1 saturated carbocycles. The highest BCUT2D eigenvalue weighted by Gasteiger charge is 2.36. The van der Waals surface area contributed by atoms with Crippen LogP contribution in [0.1, 0.15) is 87.1 Å². The number of rotatable bonds is 1. The molecule has 4 rings (SSSR count). The van der Waals surface area contributed by atoms with Crippen molar-refractivity contribution in [3.63, 3.8) is 0 Å². The van der Waals surface area contributed by atoms with Gasteiger partial charge in [0.05, 0.1) is 0 Å². The van der Waals surface area contributed by atoms with Gasteiger partial charge in [0.25, 0.3) is 0 Å². The van der Waals surface area contributed by atoms with Gasteiger partial charge < -0.3 is 14.9 Å². The third-order valence-electron chi connectivity index (χ3n) is 5.79. The molecule has 2 aliphatic rings. The average molecular weight is 385 g/mol. The molecule has 3 nitrogen and oxygen atoms in total. The van der Waals surface area contributed by atoms with E-state index in [-0.39, 0.29) is 11.7 Å². The number of benzene rings is 2. The smallest absolute Gasteiger partial charge is 0.137 e. The van der Waals surface area contributed by atoms with Gasteiger partial charge in [0.1, 0.15) is 23.0 Å². The van der Waals surface area contributed by atoms with Gasteiger partial charge in [0, 0.05) is 28.7 Å². The van der Waals surface area contributed by atoms with Gasteiger partial charge in [-0.05, 0) is 62.8 Å². The largest absolute Gasteiger partial charge is 0.508 e. The zero-order valence-electron chi connectivity index (χ0n) is 18.5. The molecule has 0 spiro atoms. The summed E-state index contributed by atoms with van der Waals surface area (Å²) >= 11 is 0. The molecule has 0 amide bonds. The zero-order chi connectivity index (χ0) is 21.0. The summed E-state index contributed by atoms with van der Waals surface area (Å²) in [6.07, 6.45) is 5.00. The molecular weight excluding hydrogens is 348 g/mol. The third kappa shape index (κ3) is 3.85. The molecule has 0 bridgehead atoms. The second-order valence-corrected chi connectivity index (χ2v) is 7.39. The van der Waals surface area contributed by atoms with Gasteiger partial charge in [-0.15, -0.1) is 0 Å². The number of fused-ring (bicyclic) bond motifs is 2. The first-order chi connectivity index (χ1) is 13.5. The van der Waals surface area contributed by atoms with Crippen LogP contribution < -0.4 is 4.74 Å². The van der Waals surface area contributed by atoms with Gasteiger partial charge in [0.2, 0.25) is 0 Å². The van der Waals surface area contributed by atoms with Gasteiger partial charge >= 0.3 is 0 Å². The number of aromatic hydroxyl groups is 2. The van der Waals surface area contributed by atoms with Gasteiger partial charge in [0.15, 0.2) is 0 Å². The maximum absolute atomic E-state index is 10.3. The number of ether oxygens (including phenoxy) is 1. The first kappa shape index (κ1) is 22.1. The first-order valence-corrected chi connectivity index (χ1v) is 10.8. The number of aryl methyl sites for hydroxylation is 2. The summed E-state index contributed by atoms with van der Waals surface area (Å²) in [7, 11) is 0. The monoisotopic (exact) mass is 384 g/mol. The van der Waals surface area contributed by atoms with Crippen LogP contribution in [0.15, 0.2) is 18.2 Å². The summed E-state index contributed by atoms with van der Waals surface area (Å²) in [5, 5.41) is 20.4. The van der Waals surface area contributed by atoms with Crippen molar-refractivity contribution in [3.8, 4) is 23.0 Å². The summed E-state index contributed by atoms with van der Waals surface area (Å²) in [4.78, 5) is 0. The molecule has 3 heteroatoms. The van der Waals surface area contributed by atoms with Crippen LogP contribution in [0.2, 0.25) is 0 Å². The lowest BCUT2D eigenvalue weighted by Crippen LogP contribution is -2.18. The van der Waals surface area contributed by atoms with Crippen molar-refractivity contribution in [3.05, 3.63) is 46.0 Å². The fraction of sp³-hybridized carbons (Fsp3) is 0.520. The van der Waals surface area contributed by atoms with E-state index >= 15 is 0 Å². The third-order valence-corrected chi connectivity index (χ3v) is 5.79. The number of hydrogen-bond donors (Lipinski definition) is 2. The normalized spacial score (nSPS) is 17.3. The lowest BCUT2D eigenvalue weighted by molar-refractivity contribution is 0.385. The summed E-state index contributed by atoms with van der Waals surface area (Å²) in [6, 6.07) is 5.89. The minimum Gasteiger partial charge on any atom is -0.508 e. The Bertz CT molecular complexity index is 817. The van der Waals surface area contributed by atoms with Crippen LogP contribution in [0.4, 0.5) is 0 Å². The summed E-state index contributed by atoms with van der Waals surface area (Å²) in [5.41, 5.74) is 4.94. The molecule has 1 unspecified atom stereocenters. The second-order valence-electron chi connectivity index (χ2n) is 7.39. The topological polar surface area (TPSA) is 49.7 Å². The van der Waals surface area contributed by atoms with Crippen LogP contribution >= 0.6 is 0 Å². The maximum Gasteiger partial charge on any atom is 0.137 e. The number of phenols is 2. The molecule has 0 saturated heterocycles. The lowest BCUT2D eigenvalue weighted by atomic mass is 9.76.